The van der Waals surface area contributed by atoms with Gasteiger partial charge in [-0.2, -0.15) is 0 Å². The average molecular weight is 259 g/mol. The van der Waals surface area contributed by atoms with Gasteiger partial charge in [-0.25, -0.2) is 0 Å². The van der Waals surface area contributed by atoms with Gasteiger partial charge in [0.2, 0.25) is 5.91 Å². The smallest absolute Gasteiger partial charge is 0.241 e. The van der Waals surface area contributed by atoms with Gasteiger partial charge in [-0.05, 0) is 31.4 Å². The lowest BCUT2D eigenvalue weighted by atomic mass is 10.0. The summed E-state index contributed by atoms with van der Waals surface area (Å²) in [6, 6.07) is 8.60. The van der Waals surface area contributed by atoms with E-state index in [0.29, 0.717) is 6.04 Å². The summed E-state index contributed by atoms with van der Waals surface area (Å²) in [5.74, 6) is 0.152. The van der Waals surface area contributed by atoms with Crippen molar-refractivity contribution in [2.24, 2.45) is 0 Å². The minimum Gasteiger partial charge on any atom is -0.324 e. The Morgan fingerprint density at radius 3 is 3.00 bits per heavy atom. The van der Waals surface area contributed by atoms with Crippen molar-refractivity contribution in [1.29, 1.82) is 0 Å². The minimum atomic E-state index is 0.0111. The normalized spacial score (nSPS) is 28.4. The maximum Gasteiger partial charge on any atom is 0.241 e. The molecule has 0 bridgehead atoms. The molecule has 0 spiro atoms. The molecule has 1 aromatic carbocycles. The Kier molecular flexibility index (Phi) is 3.53. The third-order valence-electron chi connectivity index (χ3n) is 4.11. The van der Waals surface area contributed by atoms with Crippen LogP contribution in [0.15, 0.2) is 24.3 Å². The molecule has 2 N–H and O–H groups in total. The second-order valence-electron chi connectivity index (χ2n) is 5.55. The Hall–Kier alpha value is -1.39. The minimum absolute atomic E-state index is 0.0111. The van der Waals surface area contributed by atoms with Crippen LogP contribution in [-0.4, -0.2) is 42.5 Å². The maximum atomic E-state index is 12.4. The van der Waals surface area contributed by atoms with Crippen LogP contribution in [0.2, 0.25) is 0 Å². The fourth-order valence-corrected chi connectivity index (χ4v) is 3.09. The third-order valence-corrected chi connectivity index (χ3v) is 4.11. The van der Waals surface area contributed by atoms with Crippen molar-refractivity contribution in [3.05, 3.63) is 29.8 Å². The van der Waals surface area contributed by atoms with Crippen LogP contribution in [0.4, 0.5) is 5.69 Å². The molecule has 19 heavy (non-hydrogen) atoms. The number of carbonyl (C=O) groups is 1. The van der Waals surface area contributed by atoms with Crippen molar-refractivity contribution in [3.8, 4) is 0 Å². The van der Waals surface area contributed by atoms with Crippen LogP contribution in [0.1, 0.15) is 18.9 Å². The summed E-state index contributed by atoms with van der Waals surface area (Å²) < 4.78 is 0. The van der Waals surface area contributed by atoms with Crippen molar-refractivity contribution >= 4 is 11.6 Å². The number of carbonyl (C=O) groups excluding carboxylic acids is 1. The number of amides is 1. The molecule has 2 aliphatic heterocycles. The zero-order chi connectivity index (χ0) is 13.2. The number of hydrogen-bond donors (Lipinski definition) is 2. The van der Waals surface area contributed by atoms with Crippen molar-refractivity contribution in [3.63, 3.8) is 0 Å². The molecular formula is C15H21N3O. The SMILES string of the molecule is C[C@@H]1CN(C2CCc3ccccc3NC2=O)CCN1. The highest BCUT2D eigenvalue weighted by molar-refractivity contribution is 5.96. The van der Waals surface area contributed by atoms with Gasteiger partial charge in [-0.3, -0.25) is 9.69 Å². The first-order valence-corrected chi connectivity index (χ1v) is 7.10. The molecule has 0 aliphatic carbocycles. The molecule has 3 rings (SSSR count). The van der Waals surface area contributed by atoms with Gasteiger partial charge in [0, 0.05) is 31.4 Å². The molecular weight excluding hydrogens is 238 g/mol. The van der Waals surface area contributed by atoms with Crippen molar-refractivity contribution in [2.75, 3.05) is 25.0 Å². The second-order valence-corrected chi connectivity index (χ2v) is 5.55. The van der Waals surface area contributed by atoms with E-state index in [1.165, 1.54) is 5.56 Å². The largest absolute Gasteiger partial charge is 0.324 e. The van der Waals surface area contributed by atoms with E-state index >= 15 is 0 Å². The molecule has 1 aromatic rings. The highest BCUT2D eigenvalue weighted by Gasteiger charge is 2.31. The molecule has 102 valence electrons. The third kappa shape index (κ3) is 2.65. The van der Waals surface area contributed by atoms with E-state index in [1.807, 2.05) is 18.2 Å². The van der Waals surface area contributed by atoms with Gasteiger partial charge in [-0.15, -0.1) is 0 Å². The molecule has 1 fully saturated rings. The van der Waals surface area contributed by atoms with Gasteiger partial charge in [0.05, 0.1) is 6.04 Å². The Labute approximate surface area is 114 Å². The lowest BCUT2D eigenvalue weighted by Gasteiger charge is -2.36. The molecule has 4 nitrogen and oxygen atoms in total. The number of aryl methyl sites for hydroxylation is 1. The van der Waals surface area contributed by atoms with Crippen LogP contribution in [0.3, 0.4) is 0 Å². The summed E-state index contributed by atoms with van der Waals surface area (Å²) in [4.78, 5) is 14.7. The standard InChI is InChI=1S/C15H21N3O/c1-11-10-18(9-8-16-11)14-7-6-12-4-2-3-5-13(12)17-15(14)19/h2-5,11,14,16H,6-10H2,1H3,(H,17,19)/t11-,14?/m1/s1. The maximum absolute atomic E-state index is 12.4. The Balaban J connectivity index is 1.77. The van der Waals surface area contributed by atoms with Crippen LogP contribution >= 0.6 is 0 Å². The predicted molar refractivity (Wildman–Crippen MR) is 76.2 cm³/mol. The number of nitrogens with one attached hydrogen (secondary N) is 2. The van der Waals surface area contributed by atoms with E-state index in [1.54, 1.807) is 0 Å². The fourth-order valence-electron chi connectivity index (χ4n) is 3.09. The average Bonchev–Trinajstić information content (AvgIpc) is 2.57. The molecule has 2 aliphatic rings. The first kappa shape index (κ1) is 12.6. The van der Waals surface area contributed by atoms with Gasteiger partial charge in [0.1, 0.15) is 0 Å². The monoisotopic (exact) mass is 259 g/mol. The number of anilines is 1. The molecule has 4 heteroatoms. The van der Waals surface area contributed by atoms with Crippen molar-refractivity contribution < 1.29 is 4.79 Å². The highest BCUT2D eigenvalue weighted by atomic mass is 16.2. The quantitative estimate of drug-likeness (QED) is 0.797. The predicted octanol–water partition coefficient (Wildman–Crippen LogP) is 1.23. The van der Waals surface area contributed by atoms with Gasteiger partial charge in [0.25, 0.3) is 0 Å². The van der Waals surface area contributed by atoms with Crippen molar-refractivity contribution in [2.45, 2.75) is 31.8 Å². The van der Waals surface area contributed by atoms with Crippen LogP contribution in [0.25, 0.3) is 0 Å². The summed E-state index contributed by atoms with van der Waals surface area (Å²) in [5, 5.41) is 6.51. The number of nitrogens with zero attached hydrogens (tertiary/aromatic N) is 1. The number of benzene rings is 1. The first-order chi connectivity index (χ1) is 9.24. The van der Waals surface area contributed by atoms with Gasteiger partial charge in [0.15, 0.2) is 0 Å². The Morgan fingerprint density at radius 1 is 1.32 bits per heavy atom. The van der Waals surface area contributed by atoms with Gasteiger partial charge in [-0.1, -0.05) is 18.2 Å². The summed E-state index contributed by atoms with van der Waals surface area (Å²) in [6.07, 6.45) is 1.88. The zero-order valence-electron chi connectivity index (χ0n) is 11.4. The summed E-state index contributed by atoms with van der Waals surface area (Å²) in [7, 11) is 0. The lowest BCUT2D eigenvalue weighted by molar-refractivity contribution is -0.121. The van der Waals surface area contributed by atoms with E-state index in [0.717, 1.165) is 38.2 Å². The summed E-state index contributed by atoms with van der Waals surface area (Å²) >= 11 is 0. The number of hydrogen-bond acceptors (Lipinski definition) is 3. The van der Waals surface area contributed by atoms with Crippen LogP contribution in [0, 0.1) is 0 Å². The lowest BCUT2D eigenvalue weighted by Crippen LogP contribution is -2.55. The molecule has 1 amide bonds. The van der Waals surface area contributed by atoms with Crippen molar-refractivity contribution in [1.82, 2.24) is 10.2 Å². The molecule has 2 atom stereocenters. The van der Waals surface area contributed by atoms with Crippen LogP contribution in [-0.2, 0) is 11.2 Å². The first-order valence-electron chi connectivity index (χ1n) is 7.10. The number of rotatable bonds is 1. The number of piperazine rings is 1. The van der Waals surface area contributed by atoms with E-state index in [4.69, 9.17) is 0 Å². The second kappa shape index (κ2) is 5.31. The Bertz CT molecular complexity index is 474. The van der Waals surface area contributed by atoms with Crippen LogP contribution < -0.4 is 10.6 Å². The molecule has 0 aromatic heterocycles. The van der Waals surface area contributed by atoms with E-state index in [-0.39, 0.29) is 11.9 Å². The summed E-state index contributed by atoms with van der Waals surface area (Å²) in [6.45, 7) is 5.06. The molecule has 2 heterocycles. The van der Waals surface area contributed by atoms with Gasteiger partial charge >= 0.3 is 0 Å². The highest BCUT2D eigenvalue weighted by Crippen LogP contribution is 2.24. The van der Waals surface area contributed by atoms with E-state index < -0.39 is 0 Å². The summed E-state index contributed by atoms with van der Waals surface area (Å²) in [5.41, 5.74) is 2.24. The van der Waals surface area contributed by atoms with E-state index in [2.05, 4.69) is 28.5 Å². The fraction of sp³-hybridized carbons (Fsp3) is 0.533. The number of fused-ring (bicyclic) bond motifs is 1. The Morgan fingerprint density at radius 2 is 2.16 bits per heavy atom. The zero-order valence-corrected chi connectivity index (χ0v) is 11.4. The molecule has 0 radical (unpaired) electrons. The molecule has 1 saturated heterocycles. The molecule has 0 saturated carbocycles. The number of para-hydroxylation sites is 1. The van der Waals surface area contributed by atoms with E-state index in [9.17, 15) is 4.79 Å². The van der Waals surface area contributed by atoms with Crippen LogP contribution in [0.5, 0.6) is 0 Å². The van der Waals surface area contributed by atoms with Gasteiger partial charge < -0.3 is 10.6 Å². The molecule has 1 unspecified atom stereocenters. The topological polar surface area (TPSA) is 44.4 Å².